The van der Waals surface area contributed by atoms with Crippen molar-refractivity contribution in [3.8, 4) is 0 Å². The van der Waals surface area contributed by atoms with Crippen LogP contribution in [0.3, 0.4) is 0 Å². The molecule has 0 radical (unpaired) electrons. The highest BCUT2D eigenvalue weighted by molar-refractivity contribution is 6.25. The molecule has 0 aromatic rings. The number of hydrogen-bond acceptors (Lipinski definition) is 4. The van der Waals surface area contributed by atoms with Crippen LogP contribution in [-0.4, -0.2) is 24.1 Å². The van der Waals surface area contributed by atoms with E-state index in [1.165, 1.54) is 19.3 Å². The average molecular weight is 297 g/mol. The maximum atomic E-state index is 6.70. The summed E-state index contributed by atoms with van der Waals surface area (Å²) in [5.74, 6) is 0.352. The summed E-state index contributed by atoms with van der Waals surface area (Å²) in [5.41, 5.74) is -0.332. The minimum absolute atomic E-state index is 0.0773. The molecule has 0 aromatic carbocycles. The number of rotatable bonds is 7. The van der Waals surface area contributed by atoms with Crippen LogP contribution >= 0.6 is 23.2 Å². The highest BCUT2D eigenvalue weighted by Crippen LogP contribution is 2.30. The van der Waals surface area contributed by atoms with Crippen molar-refractivity contribution < 1.29 is 0 Å². The highest BCUT2D eigenvalue weighted by atomic mass is 35.5. The summed E-state index contributed by atoms with van der Waals surface area (Å²) < 4.78 is 0. The van der Waals surface area contributed by atoms with Crippen LogP contribution < -0.4 is 21.3 Å². The zero-order chi connectivity index (χ0) is 13.6. The Morgan fingerprint density at radius 2 is 2.00 bits per heavy atom. The van der Waals surface area contributed by atoms with Crippen LogP contribution in [0.15, 0.2) is 0 Å². The van der Waals surface area contributed by atoms with E-state index >= 15 is 0 Å². The van der Waals surface area contributed by atoms with Crippen molar-refractivity contribution in [2.75, 3.05) is 7.05 Å². The third kappa shape index (κ3) is 4.51. The Balaban J connectivity index is 2.62. The molecule has 4 nitrogen and oxygen atoms in total. The van der Waals surface area contributed by atoms with E-state index in [1.54, 1.807) is 0 Å². The van der Waals surface area contributed by atoms with E-state index < -0.39 is 5.12 Å². The van der Waals surface area contributed by atoms with Gasteiger partial charge in [-0.05, 0) is 19.9 Å². The molecular weight excluding hydrogens is 271 g/mol. The molecule has 4 unspecified atom stereocenters. The molecule has 4 N–H and O–H groups in total. The Morgan fingerprint density at radius 3 is 2.56 bits per heavy atom. The first-order valence-corrected chi connectivity index (χ1v) is 7.68. The van der Waals surface area contributed by atoms with E-state index in [-0.39, 0.29) is 11.9 Å². The summed E-state index contributed by atoms with van der Waals surface area (Å²) >= 11 is 12.9. The quantitative estimate of drug-likeness (QED) is 0.331. The summed E-state index contributed by atoms with van der Waals surface area (Å²) in [6.45, 7) is 4.38. The van der Waals surface area contributed by atoms with E-state index in [1.807, 2.05) is 7.05 Å². The van der Waals surface area contributed by atoms with Crippen molar-refractivity contribution in [1.82, 2.24) is 21.3 Å². The highest BCUT2D eigenvalue weighted by Gasteiger charge is 2.41. The van der Waals surface area contributed by atoms with Gasteiger partial charge in [0.2, 0.25) is 0 Å². The second-order valence-electron chi connectivity index (χ2n) is 4.85. The number of unbranched alkanes of at least 4 members (excludes halogenated alkanes) is 2. The van der Waals surface area contributed by atoms with Gasteiger partial charge in [-0.15, -0.1) is 0 Å². The van der Waals surface area contributed by atoms with E-state index in [4.69, 9.17) is 23.2 Å². The fourth-order valence-corrected chi connectivity index (χ4v) is 3.22. The van der Waals surface area contributed by atoms with E-state index in [9.17, 15) is 0 Å². The van der Waals surface area contributed by atoms with Crippen LogP contribution in [-0.2, 0) is 0 Å². The molecule has 0 bridgehead atoms. The SMILES string of the molecule is CCCCCC(CC)C1(Cl)NC(Cl)NC(NC)N1. The molecule has 0 saturated carbocycles. The number of nitrogens with one attached hydrogen (secondary N) is 4. The van der Waals surface area contributed by atoms with Crippen molar-refractivity contribution in [2.24, 2.45) is 5.92 Å². The van der Waals surface area contributed by atoms with Gasteiger partial charge in [0, 0.05) is 5.92 Å². The third-order valence-electron chi connectivity index (χ3n) is 3.50. The van der Waals surface area contributed by atoms with Crippen molar-refractivity contribution >= 4 is 23.2 Å². The van der Waals surface area contributed by atoms with Gasteiger partial charge in [0.05, 0.1) is 0 Å². The maximum absolute atomic E-state index is 6.70. The summed E-state index contributed by atoms with van der Waals surface area (Å²) in [6.07, 6.45) is 5.73. The Morgan fingerprint density at radius 1 is 1.28 bits per heavy atom. The minimum Gasteiger partial charge on any atom is -0.293 e. The van der Waals surface area contributed by atoms with Crippen LogP contribution in [0, 0.1) is 5.92 Å². The third-order valence-corrected chi connectivity index (χ3v) is 4.27. The molecule has 6 heteroatoms. The Kier molecular flexibility index (Phi) is 7.21. The normalized spacial score (nSPS) is 34.5. The van der Waals surface area contributed by atoms with Crippen molar-refractivity contribution in [3.05, 3.63) is 0 Å². The summed E-state index contributed by atoms with van der Waals surface area (Å²) in [7, 11) is 1.87. The first-order chi connectivity index (χ1) is 8.55. The molecule has 1 rings (SSSR count). The van der Waals surface area contributed by atoms with Gasteiger partial charge in [0.25, 0.3) is 0 Å². The fraction of sp³-hybridized carbons (Fsp3) is 1.00. The monoisotopic (exact) mass is 296 g/mol. The zero-order valence-electron chi connectivity index (χ0n) is 11.5. The number of alkyl halides is 2. The van der Waals surface area contributed by atoms with Crippen LogP contribution in [0.1, 0.15) is 46.0 Å². The zero-order valence-corrected chi connectivity index (χ0v) is 13.0. The van der Waals surface area contributed by atoms with E-state index in [0.29, 0.717) is 5.92 Å². The Bertz CT molecular complexity index is 242. The largest absolute Gasteiger partial charge is 0.293 e. The summed E-state index contributed by atoms with van der Waals surface area (Å²) in [4.78, 5) is 0. The lowest BCUT2D eigenvalue weighted by atomic mass is 9.94. The van der Waals surface area contributed by atoms with E-state index in [2.05, 4.69) is 35.1 Å². The predicted octanol–water partition coefficient (Wildman–Crippen LogP) is 2.29. The number of halogens is 2. The second kappa shape index (κ2) is 7.88. The molecule has 4 atom stereocenters. The van der Waals surface area contributed by atoms with Crippen LogP contribution in [0.25, 0.3) is 0 Å². The second-order valence-corrected chi connectivity index (χ2v) is 5.88. The predicted molar refractivity (Wildman–Crippen MR) is 78.4 cm³/mol. The molecule has 1 aliphatic heterocycles. The van der Waals surface area contributed by atoms with Gasteiger partial charge in [-0.3, -0.25) is 21.3 Å². The molecule has 0 spiro atoms. The Labute approximate surface area is 121 Å². The average Bonchev–Trinajstić information content (AvgIpc) is 2.33. The van der Waals surface area contributed by atoms with Crippen molar-refractivity contribution in [1.29, 1.82) is 0 Å². The van der Waals surface area contributed by atoms with Crippen LogP contribution in [0.4, 0.5) is 0 Å². The molecule has 1 heterocycles. The lowest BCUT2D eigenvalue weighted by Gasteiger charge is -2.45. The molecule has 0 amide bonds. The molecule has 18 heavy (non-hydrogen) atoms. The van der Waals surface area contributed by atoms with Crippen molar-refractivity contribution in [2.45, 2.75) is 63.0 Å². The molecule has 0 aliphatic carbocycles. The Hall–Kier alpha value is 0.420. The van der Waals surface area contributed by atoms with Crippen LogP contribution in [0.5, 0.6) is 0 Å². The fourth-order valence-electron chi connectivity index (χ4n) is 2.38. The van der Waals surface area contributed by atoms with Crippen molar-refractivity contribution in [3.63, 3.8) is 0 Å². The minimum atomic E-state index is -0.645. The molecule has 108 valence electrons. The topological polar surface area (TPSA) is 48.1 Å². The van der Waals surface area contributed by atoms with Gasteiger partial charge in [0.1, 0.15) is 11.9 Å². The standard InChI is InChI=1S/C12H26Cl2N4/c1-4-6-7-8-9(5-2)12(14)17-10(13)16-11(15-3)18-12/h9-11,15-18H,4-8H2,1-3H3. The van der Waals surface area contributed by atoms with Gasteiger partial charge >= 0.3 is 0 Å². The lowest BCUT2D eigenvalue weighted by Crippen LogP contribution is -2.75. The first kappa shape index (κ1) is 16.5. The number of hydrogen-bond donors (Lipinski definition) is 4. The summed E-state index contributed by atoms with van der Waals surface area (Å²) in [5, 5.41) is 12.1. The maximum Gasteiger partial charge on any atom is 0.153 e. The summed E-state index contributed by atoms with van der Waals surface area (Å²) in [6, 6.07) is 0. The van der Waals surface area contributed by atoms with E-state index in [0.717, 1.165) is 12.8 Å². The van der Waals surface area contributed by atoms with Crippen LogP contribution in [0.2, 0.25) is 0 Å². The van der Waals surface area contributed by atoms with Gasteiger partial charge in [-0.1, -0.05) is 56.3 Å². The van der Waals surface area contributed by atoms with Gasteiger partial charge < -0.3 is 0 Å². The molecule has 0 aromatic heterocycles. The smallest absolute Gasteiger partial charge is 0.153 e. The van der Waals surface area contributed by atoms with Gasteiger partial charge in [0.15, 0.2) is 5.12 Å². The van der Waals surface area contributed by atoms with Gasteiger partial charge in [-0.25, -0.2) is 0 Å². The lowest BCUT2D eigenvalue weighted by molar-refractivity contribution is 0.127. The molecule has 1 saturated heterocycles. The molecular formula is C12H26Cl2N4. The molecule has 1 aliphatic rings. The first-order valence-electron chi connectivity index (χ1n) is 6.87. The molecule has 1 fully saturated rings. The van der Waals surface area contributed by atoms with Gasteiger partial charge in [-0.2, -0.15) is 0 Å².